The largest absolute Gasteiger partial charge is 0.325 e. The van der Waals surface area contributed by atoms with Crippen LogP contribution in [-0.4, -0.2) is 5.54 Å². The third-order valence-electron chi connectivity index (χ3n) is 3.35. The summed E-state index contributed by atoms with van der Waals surface area (Å²) < 4.78 is 0. The molecule has 0 atom stereocenters. The van der Waals surface area contributed by atoms with E-state index in [2.05, 4.69) is 20.8 Å². The van der Waals surface area contributed by atoms with Crippen LogP contribution in [0.1, 0.15) is 46.5 Å². The normalized spacial score (nSPS) is 24.0. The molecule has 0 aromatic heterocycles. The Balaban J connectivity index is 2.65. The second kappa shape index (κ2) is 2.23. The highest BCUT2D eigenvalue weighted by molar-refractivity contribution is 5.00. The van der Waals surface area contributed by atoms with Crippen LogP contribution in [0.3, 0.4) is 0 Å². The minimum atomic E-state index is 0.0417. The lowest BCUT2D eigenvalue weighted by molar-refractivity contribution is 0.0400. The van der Waals surface area contributed by atoms with Crippen molar-refractivity contribution in [3.63, 3.8) is 0 Å². The maximum atomic E-state index is 6.09. The fourth-order valence-electron chi connectivity index (χ4n) is 2.06. The Hall–Kier alpha value is -0.0400. The molecule has 0 spiro atoms. The van der Waals surface area contributed by atoms with E-state index >= 15 is 0 Å². The number of nitrogens with two attached hydrogens (primary N) is 1. The first-order valence-corrected chi connectivity index (χ1v) is 4.31. The highest BCUT2D eigenvalue weighted by Crippen LogP contribution is 2.50. The van der Waals surface area contributed by atoms with Crippen molar-refractivity contribution in [1.29, 1.82) is 0 Å². The Labute approximate surface area is 64.0 Å². The zero-order valence-electron chi connectivity index (χ0n) is 7.41. The minimum absolute atomic E-state index is 0.0417. The quantitative estimate of drug-likeness (QED) is 0.627. The van der Waals surface area contributed by atoms with Gasteiger partial charge < -0.3 is 5.73 Å². The topological polar surface area (TPSA) is 26.0 Å². The first-order chi connectivity index (χ1) is 4.52. The molecular formula is C9H19N. The van der Waals surface area contributed by atoms with E-state index in [1.807, 2.05) is 0 Å². The molecule has 0 saturated heterocycles. The molecule has 1 saturated carbocycles. The minimum Gasteiger partial charge on any atom is -0.325 e. The lowest BCUT2D eigenvalue weighted by atomic mass is 9.57. The summed E-state index contributed by atoms with van der Waals surface area (Å²) in [6.45, 7) is 6.58. The van der Waals surface area contributed by atoms with Crippen molar-refractivity contribution in [2.24, 2.45) is 11.1 Å². The molecule has 0 bridgehead atoms. The molecule has 0 aliphatic heterocycles. The van der Waals surface area contributed by atoms with Crippen LogP contribution >= 0.6 is 0 Å². The van der Waals surface area contributed by atoms with Crippen molar-refractivity contribution in [3.8, 4) is 0 Å². The third kappa shape index (κ3) is 0.968. The van der Waals surface area contributed by atoms with Gasteiger partial charge >= 0.3 is 0 Å². The predicted molar refractivity (Wildman–Crippen MR) is 44.8 cm³/mol. The zero-order chi connectivity index (χ0) is 7.83. The second-order valence-electron chi connectivity index (χ2n) is 4.21. The van der Waals surface area contributed by atoms with Crippen LogP contribution < -0.4 is 5.73 Å². The molecule has 0 unspecified atom stereocenters. The van der Waals surface area contributed by atoms with E-state index in [0.717, 1.165) is 0 Å². The molecule has 1 nitrogen and oxygen atoms in total. The Morgan fingerprint density at radius 2 is 1.90 bits per heavy atom. The Bertz CT molecular complexity index is 112. The highest BCUT2D eigenvalue weighted by Gasteiger charge is 2.45. The SMILES string of the molecule is CCC1(C(C)(C)N)CCC1. The second-order valence-corrected chi connectivity index (χ2v) is 4.21. The molecule has 0 amide bonds. The molecule has 0 aromatic carbocycles. The van der Waals surface area contributed by atoms with E-state index in [-0.39, 0.29) is 5.54 Å². The van der Waals surface area contributed by atoms with Gasteiger partial charge in [-0.25, -0.2) is 0 Å². The Morgan fingerprint density at radius 3 is 1.90 bits per heavy atom. The molecule has 1 fully saturated rings. The summed E-state index contributed by atoms with van der Waals surface area (Å²) >= 11 is 0. The van der Waals surface area contributed by atoms with Gasteiger partial charge in [0.1, 0.15) is 0 Å². The lowest BCUT2D eigenvalue weighted by Gasteiger charge is -2.51. The molecule has 1 rings (SSSR count). The van der Waals surface area contributed by atoms with Crippen LogP contribution in [-0.2, 0) is 0 Å². The molecule has 1 aliphatic rings. The van der Waals surface area contributed by atoms with Crippen LogP contribution in [0, 0.1) is 5.41 Å². The molecule has 1 heteroatoms. The summed E-state index contributed by atoms with van der Waals surface area (Å²) in [7, 11) is 0. The standard InChI is InChI=1S/C9H19N/c1-4-9(6-5-7-9)8(2,3)10/h4-7,10H2,1-3H3. The van der Waals surface area contributed by atoms with Gasteiger partial charge in [-0.1, -0.05) is 13.3 Å². The number of hydrogen-bond donors (Lipinski definition) is 1. The summed E-state index contributed by atoms with van der Waals surface area (Å²) in [5, 5.41) is 0. The fraction of sp³-hybridized carbons (Fsp3) is 1.00. The van der Waals surface area contributed by atoms with Gasteiger partial charge in [-0.3, -0.25) is 0 Å². The highest BCUT2D eigenvalue weighted by atomic mass is 14.8. The van der Waals surface area contributed by atoms with Gasteiger partial charge in [-0.15, -0.1) is 0 Å². The number of hydrogen-bond acceptors (Lipinski definition) is 1. The zero-order valence-corrected chi connectivity index (χ0v) is 7.41. The Kier molecular flexibility index (Phi) is 1.80. The Morgan fingerprint density at radius 1 is 1.40 bits per heavy atom. The maximum Gasteiger partial charge on any atom is 0.0154 e. The van der Waals surface area contributed by atoms with Crippen molar-refractivity contribution in [2.45, 2.75) is 52.0 Å². The average molecular weight is 141 g/mol. The lowest BCUT2D eigenvalue weighted by Crippen LogP contribution is -2.54. The van der Waals surface area contributed by atoms with Gasteiger partial charge in [-0.2, -0.15) is 0 Å². The summed E-state index contributed by atoms with van der Waals surface area (Å²) in [5.74, 6) is 0. The van der Waals surface area contributed by atoms with E-state index in [4.69, 9.17) is 5.73 Å². The molecule has 60 valence electrons. The van der Waals surface area contributed by atoms with E-state index in [0.29, 0.717) is 5.41 Å². The van der Waals surface area contributed by atoms with Crippen molar-refractivity contribution in [3.05, 3.63) is 0 Å². The van der Waals surface area contributed by atoms with Gasteiger partial charge in [0.25, 0.3) is 0 Å². The molecular weight excluding hydrogens is 122 g/mol. The van der Waals surface area contributed by atoms with E-state index in [1.165, 1.54) is 25.7 Å². The van der Waals surface area contributed by atoms with Gasteiger partial charge in [0.2, 0.25) is 0 Å². The van der Waals surface area contributed by atoms with Crippen LogP contribution in [0.5, 0.6) is 0 Å². The van der Waals surface area contributed by atoms with Gasteiger partial charge in [0.15, 0.2) is 0 Å². The summed E-state index contributed by atoms with van der Waals surface area (Å²) in [6.07, 6.45) is 5.31. The molecule has 2 N–H and O–H groups in total. The molecule has 0 aromatic rings. The van der Waals surface area contributed by atoms with E-state index < -0.39 is 0 Å². The van der Waals surface area contributed by atoms with Gasteiger partial charge in [0.05, 0.1) is 0 Å². The maximum absolute atomic E-state index is 6.09. The molecule has 0 radical (unpaired) electrons. The van der Waals surface area contributed by atoms with Crippen LogP contribution in [0.4, 0.5) is 0 Å². The van der Waals surface area contributed by atoms with E-state index in [9.17, 15) is 0 Å². The summed E-state index contributed by atoms with van der Waals surface area (Å²) in [6, 6.07) is 0. The fourth-order valence-corrected chi connectivity index (χ4v) is 2.06. The predicted octanol–water partition coefficient (Wildman–Crippen LogP) is 2.30. The summed E-state index contributed by atoms with van der Waals surface area (Å²) in [5.41, 5.74) is 6.61. The molecule has 1 aliphatic carbocycles. The average Bonchev–Trinajstić information content (AvgIpc) is 1.58. The van der Waals surface area contributed by atoms with Crippen molar-refractivity contribution in [1.82, 2.24) is 0 Å². The van der Waals surface area contributed by atoms with Crippen molar-refractivity contribution >= 4 is 0 Å². The first-order valence-electron chi connectivity index (χ1n) is 4.31. The van der Waals surface area contributed by atoms with Crippen LogP contribution in [0.15, 0.2) is 0 Å². The van der Waals surface area contributed by atoms with E-state index in [1.54, 1.807) is 0 Å². The monoisotopic (exact) mass is 141 g/mol. The van der Waals surface area contributed by atoms with Crippen molar-refractivity contribution < 1.29 is 0 Å². The van der Waals surface area contributed by atoms with Crippen LogP contribution in [0.2, 0.25) is 0 Å². The van der Waals surface area contributed by atoms with Crippen LogP contribution in [0.25, 0.3) is 0 Å². The van der Waals surface area contributed by atoms with Gasteiger partial charge in [-0.05, 0) is 38.5 Å². The summed E-state index contributed by atoms with van der Waals surface area (Å²) in [4.78, 5) is 0. The van der Waals surface area contributed by atoms with Gasteiger partial charge in [0, 0.05) is 5.54 Å². The van der Waals surface area contributed by atoms with Crippen molar-refractivity contribution in [2.75, 3.05) is 0 Å². The first kappa shape index (κ1) is 8.06. The smallest absolute Gasteiger partial charge is 0.0154 e. The molecule has 0 heterocycles. The third-order valence-corrected chi connectivity index (χ3v) is 3.35. The molecule has 10 heavy (non-hydrogen) atoms. The number of rotatable bonds is 2.